The fourth-order valence-corrected chi connectivity index (χ4v) is 1.02. The summed E-state index contributed by atoms with van der Waals surface area (Å²) in [6.07, 6.45) is 3.13. The quantitative estimate of drug-likeness (QED) is 0.606. The van der Waals surface area contributed by atoms with Gasteiger partial charge in [-0.2, -0.15) is 0 Å². The summed E-state index contributed by atoms with van der Waals surface area (Å²) in [6, 6.07) is 3.80. The highest BCUT2D eigenvalue weighted by Crippen LogP contribution is 2.06. The topological polar surface area (TPSA) is 51.2 Å². The van der Waals surface area contributed by atoms with Gasteiger partial charge in [-0.25, -0.2) is 9.78 Å². The molecule has 1 aromatic rings. The van der Waals surface area contributed by atoms with Gasteiger partial charge in [-0.1, -0.05) is 6.07 Å². The molecule has 1 heterocycles. The van der Waals surface area contributed by atoms with E-state index in [-0.39, 0.29) is 5.97 Å². The van der Waals surface area contributed by atoms with E-state index < -0.39 is 0 Å². The molecule has 0 aliphatic heterocycles. The molecule has 0 aliphatic carbocycles. The number of esters is 1. The molecule has 0 aromatic carbocycles. The average molecular weight is 206 g/mol. The Hall–Kier alpha value is -1.84. The van der Waals surface area contributed by atoms with Crippen molar-refractivity contribution in [3.05, 3.63) is 35.7 Å². The Morgan fingerprint density at radius 1 is 1.53 bits per heavy atom. The van der Waals surface area contributed by atoms with Gasteiger partial charge < -0.3 is 10.1 Å². The molecule has 1 aromatic heterocycles. The molecule has 4 nitrogen and oxygen atoms in total. The van der Waals surface area contributed by atoms with Crippen LogP contribution in [0, 0.1) is 6.92 Å². The number of nitrogens with zero attached hydrogens (tertiary/aromatic N) is 1. The highest BCUT2D eigenvalue weighted by molar-refractivity contribution is 5.83. The number of aryl methyl sites for hydroxylation is 1. The molecule has 0 bridgehead atoms. The molecule has 0 fully saturated rings. The van der Waals surface area contributed by atoms with Crippen LogP contribution >= 0.6 is 0 Å². The predicted octanol–water partition coefficient (Wildman–Crippen LogP) is 1.88. The molecule has 0 aliphatic rings. The summed E-state index contributed by atoms with van der Waals surface area (Å²) in [5.74, 6) is 0.324. The van der Waals surface area contributed by atoms with Crippen LogP contribution in [0.4, 0.5) is 5.82 Å². The number of anilines is 1. The molecule has 1 N–H and O–H groups in total. The Kier molecular flexibility index (Phi) is 3.85. The third-order valence-electron chi connectivity index (χ3n) is 1.77. The standard InChI is InChI=1S/C11H14N2O2/c1-8-4-5-10(12-7-8)13-9(2)6-11(14)15-3/h4-7H,1-3H3,(H,12,13)/b9-6+. The maximum absolute atomic E-state index is 10.9. The van der Waals surface area contributed by atoms with E-state index in [0.717, 1.165) is 5.56 Å². The number of carbonyl (C=O) groups excluding carboxylic acids is 1. The molecule has 0 amide bonds. The van der Waals surface area contributed by atoms with Crippen LogP contribution in [0.15, 0.2) is 30.1 Å². The third kappa shape index (κ3) is 3.81. The van der Waals surface area contributed by atoms with Crippen LogP contribution in [-0.2, 0) is 9.53 Å². The van der Waals surface area contributed by atoms with Crippen molar-refractivity contribution in [2.75, 3.05) is 12.4 Å². The zero-order valence-electron chi connectivity index (χ0n) is 9.07. The Morgan fingerprint density at radius 2 is 2.27 bits per heavy atom. The first-order chi connectivity index (χ1) is 7.11. The second-order valence-electron chi connectivity index (χ2n) is 3.20. The SMILES string of the molecule is COC(=O)/C=C(\C)Nc1ccc(C)cn1. The van der Waals surface area contributed by atoms with Crippen molar-refractivity contribution >= 4 is 11.8 Å². The molecule has 0 saturated carbocycles. The number of pyridine rings is 1. The van der Waals surface area contributed by atoms with Gasteiger partial charge in [0.25, 0.3) is 0 Å². The highest BCUT2D eigenvalue weighted by atomic mass is 16.5. The van der Waals surface area contributed by atoms with Gasteiger partial charge in [0, 0.05) is 18.0 Å². The van der Waals surface area contributed by atoms with Crippen LogP contribution in [-0.4, -0.2) is 18.1 Å². The first-order valence-electron chi connectivity index (χ1n) is 4.58. The number of nitrogens with one attached hydrogen (secondary N) is 1. The summed E-state index contributed by atoms with van der Waals surface area (Å²) in [5.41, 5.74) is 1.79. The number of allylic oxidation sites excluding steroid dienone is 1. The lowest BCUT2D eigenvalue weighted by molar-refractivity contribution is -0.134. The number of rotatable bonds is 3. The lowest BCUT2D eigenvalue weighted by Crippen LogP contribution is -2.03. The van der Waals surface area contributed by atoms with Gasteiger partial charge in [0.15, 0.2) is 0 Å². The molecule has 0 saturated heterocycles. The van der Waals surface area contributed by atoms with Crippen molar-refractivity contribution in [3.63, 3.8) is 0 Å². The molecule has 0 spiro atoms. The third-order valence-corrected chi connectivity index (χ3v) is 1.77. The van der Waals surface area contributed by atoms with E-state index in [4.69, 9.17) is 0 Å². The maximum Gasteiger partial charge on any atom is 0.332 e. The lowest BCUT2D eigenvalue weighted by Gasteiger charge is -2.04. The fraction of sp³-hybridized carbons (Fsp3) is 0.273. The van der Waals surface area contributed by atoms with Gasteiger partial charge in [-0.15, -0.1) is 0 Å². The number of hydrogen-bond acceptors (Lipinski definition) is 4. The summed E-state index contributed by atoms with van der Waals surface area (Å²) in [4.78, 5) is 15.1. The minimum absolute atomic E-state index is 0.382. The monoisotopic (exact) mass is 206 g/mol. The Bertz CT molecular complexity index is 369. The number of carbonyl (C=O) groups is 1. The van der Waals surface area contributed by atoms with Crippen LogP contribution < -0.4 is 5.32 Å². The molecular weight excluding hydrogens is 192 g/mol. The van der Waals surface area contributed by atoms with Crippen molar-refractivity contribution < 1.29 is 9.53 Å². The fourth-order valence-electron chi connectivity index (χ4n) is 1.02. The summed E-state index contributed by atoms with van der Waals surface area (Å²) in [7, 11) is 1.34. The largest absolute Gasteiger partial charge is 0.466 e. The van der Waals surface area contributed by atoms with Crippen LogP contribution in [0.3, 0.4) is 0 Å². The van der Waals surface area contributed by atoms with Crippen LogP contribution in [0.25, 0.3) is 0 Å². The van der Waals surface area contributed by atoms with Gasteiger partial charge in [-0.05, 0) is 25.5 Å². The van der Waals surface area contributed by atoms with E-state index in [2.05, 4.69) is 15.0 Å². The van der Waals surface area contributed by atoms with Gasteiger partial charge in [-0.3, -0.25) is 0 Å². The molecular formula is C11H14N2O2. The van der Waals surface area contributed by atoms with Crippen LogP contribution in [0.1, 0.15) is 12.5 Å². The van der Waals surface area contributed by atoms with Gasteiger partial charge in [0.1, 0.15) is 5.82 Å². The zero-order chi connectivity index (χ0) is 11.3. The maximum atomic E-state index is 10.9. The molecule has 0 atom stereocenters. The van der Waals surface area contributed by atoms with Crippen molar-refractivity contribution in [2.45, 2.75) is 13.8 Å². The van der Waals surface area contributed by atoms with E-state index in [1.165, 1.54) is 13.2 Å². The first-order valence-corrected chi connectivity index (χ1v) is 4.58. The van der Waals surface area contributed by atoms with E-state index >= 15 is 0 Å². The van der Waals surface area contributed by atoms with E-state index in [9.17, 15) is 4.79 Å². The Labute approximate surface area is 89.0 Å². The molecule has 80 valence electrons. The molecule has 4 heteroatoms. The smallest absolute Gasteiger partial charge is 0.332 e. The van der Waals surface area contributed by atoms with Crippen LogP contribution in [0.2, 0.25) is 0 Å². The predicted molar refractivity (Wildman–Crippen MR) is 58.4 cm³/mol. The molecule has 15 heavy (non-hydrogen) atoms. The van der Waals surface area contributed by atoms with E-state index in [0.29, 0.717) is 11.5 Å². The summed E-state index contributed by atoms with van der Waals surface area (Å²) in [6.45, 7) is 3.74. The van der Waals surface area contributed by atoms with E-state index in [1.54, 1.807) is 13.1 Å². The molecule has 0 radical (unpaired) electrons. The number of hydrogen-bond donors (Lipinski definition) is 1. The summed E-state index contributed by atoms with van der Waals surface area (Å²) in [5, 5.41) is 2.98. The number of methoxy groups -OCH3 is 1. The zero-order valence-corrected chi connectivity index (χ0v) is 9.07. The number of ether oxygens (including phenoxy) is 1. The summed E-state index contributed by atoms with van der Waals surface area (Å²) >= 11 is 0. The molecule has 1 rings (SSSR count). The minimum atomic E-state index is -0.382. The lowest BCUT2D eigenvalue weighted by atomic mass is 10.3. The summed E-state index contributed by atoms with van der Waals surface area (Å²) < 4.78 is 4.50. The van der Waals surface area contributed by atoms with Gasteiger partial charge in [0.2, 0.25) is 0 Å². The first kappa shape index (κ1) is 11.2. The van der Waals surface area contributed by atoms with Crippen LogP contribution in [0.5, 0.6) is 0 Å². The van der Waals surface area contributed by atoms with Crippen molar-refractivity contribution in [2.24, 2.45) is 0 Å². The Balaban J connectivity index is 2.66. The number of aromatic nitrogens is 1. The van der Waals surface area contributed by atoms with Crippen molar-refractivity contribution in [1.82, 2.24) is 4.98 Å². The van der Waals surface area contributed by atoms with Gasteiger partial charge >= 0.3 is 5.97 Å². The molecule has 0 unspecified atom stereocenters. The van der Waals surface area contributed by atoms with E-state index in [1.807, 2.05) is 19.1 Å². The highest BCUT2D eigenvalue weighted by Gasteiger charge is 1.97. The normalized spacial score (nSPS) is 11.0. The van der Waals surface area contributed by atoms with Gasteiger partial charge in [0.05, 0.1) is 7.11 Å². The average Bonchev–Trinajstić information content (AvgIpc) is 2.21. The second kappa shape index (κ2) is 5.14. The van der Waals surface area contributed by atoms with Crippen molar-refractivity contribution in [1.29, 1.82) is 0 Å². The second-order valence-corrected chi connectivity index (χ2v) is 3.20. The Morgan fingerprint density at radius 3 is 2.80 bits per heavy atom. The van der Waals surface area contributed by atoms with Crippen molar-refractivity contribution in [3.8, 4) is 0 Å². The minimum Gasteiger partial charge on any atom is -0.466 e.